The van der Waals surface area contributed by atoms with Crippen LogP contribution in [0.4, 0.5) is 0 Å². The number of halogens is 1. The molecule has 0 saturated carbocycles. The topological polar surface area (TPSA) is 15.3 Å². The summed E-state index contributed by atoms with van der Waals surface area (Å²) in [7, 11) is 0. The normalized spacial score (nSPS) is 17.4. The Morgan fingerprint density at radius 3 is 2.89 bits per heavy atom. The average molecular weight is 325 g/mol. The summed E-state index contributed by atoms with van der Waals surface area (Å²) in [5, 5.41) is 4.77. The molecule has 0 unspecified atom stereocenters. The summed E-state index contributed by atoms with van der Waals surface area (Å²) in [6.07, 6.45) is 1.18. The molecule has 1 N–H and O–H groups in total. The maximum absolute atomic E-state index is 3.53. The molecule has 0 amide bonds. The van der Waals surface area contributed by atoms with Gasteiger partial charge in [0.15, 0.2) is 0 Å². The molecular formula is C14H17BrN2S. The number of nitrogens with one attached hydrogen (secondary N) is 1. The Morgan fingerprint density at radius 1 is 1.22 bits per heavy atom. The largest absolute Gasteiger partial charge is 0.314 e. The van der Waals surface area contributed by atoms with Crippen LogP contribution in [0.5, 0.6) is 0 Å². The molecule has 0 bridgehead atoms. The third-order valence-corrected chi connectivity index (χ3v) is 5.07. The lowest BCUT2D eigenvalue weighted by molar-refractivity contribution is 0.244. The van der Waals surface area contributed by atoms with Crippen molar-refractivity contribution in [2.24, 2.45) is 0 Å². The summed E-state index contributed by atoms with van der Waals surface area (Å²) >= 11 is 5.46. The summed E-state index contributed by atoms with van der Waals surface area (Å²) in [6, 6.07) is 8.88. The van der Waals surface area contributed by atoms with E-state index in [0.717, 1.165) is 13.1 Å². The molecular weight excluding hydrogens is 308 g/mol. The van der Waals surface area contributed by atoms with E-state index in [9.17, 15) is 0 Å². The second kappa shape index (κ2) is 5.70. The van der Waals surface area contributed by atoms with Gasteiger partial charge < -0.3 is 10.2 Å². The third kappa shape index (κ3) is 2.94. The summed E-state index contributed by atoms with van der Waals surface area (Å²) in [5.41, 5.74) is 0. The Kier molecular flexibility index (Phi) is 3.99. The molecule has 1 aromatic heterocycles. The molecule has 0 aliphatic carbocycles. The van der Waals surface area contributed by atoms with Crippen molar-refractivity contribution in [3.05, 3.63) is 33.6 Å². The number of piperazine rings is 1. The quantitative estimate of drug-likeness (QED) is 0.933. The van der Waals surface area contributed by atoms with Gasteiger partial charge >= 0.3 is 0 Å². The van der Waals surface area contributed by atoms with E-state index >= 15 is 0 Å². The fourth-order valence-corrected chi connectivity index (χ4v) is 3.99. The van der Waals surface area contributed by atoms with E-state index in [0.29, 0.717) is 0 Å². The molecule has 2 nitrogen and oxygen atoms in total. The molecule has 1 saturated heterocycles. The molecule has 96 valence electrons. The number of nitrogens with zero attached hydrogens (tertiary/aromatic N) is 1. The van der Waals surface area contributed by atoms with Gasteiger partial charge in [-0.3, -0.25) is 0 Å². The molecule has 1 aromatic carbocycles. The second-order valence-corrected chi connectivity index (χ2v) is 6.82. The summed E-state index contributed by atoms with van der Waals surface area (Å²) < 4.78 is 2.56. The van der Waals surface area contributed by atoms with Crippen molar-refractivity contribution < 1.29 is 0 Å². The molecule has 0 atom stereocenters. The summed E-state index contributed by atoms with van der Waals surface area (Å²) in [6.45, 7) is 5.85. The number of rotatable bonds is 3. The molecule has 1 fully saturated rings. The number of fused-ring (bicyclic) bond motifs is 1. The molecule has 1 aliphatic heterocycles. The first kappa shape index (κ1) is 12.6. The monoisotopic (exact) mass is 324 g/mol. The van der Waals surface area contributed by atoms with Crippen LogP contribution in [0.25, 0.3) is 10.1 Å². The lowest BCUT2D eigenvalue weighted by Crippen LogP contribution is -2.44. The minimum atomic E-state index is 1.14. The van der Waals surface area contributed by atoms with Gasteiger partial charge in [-0.2, -0.15) is 0 Å². The zero-order valence-electron chi connectivity index (χ0n) is 10.3. The van der Waals surface area contributed by atoms with Gasteiger partial charge in [-0.1, -0.05) is 22.0 Å². The number of hydrogen-bond donors (Lipinski definition) is 1. The van der Waals surface area contributed by atoms with Gasteiger partial charge in [0.05, 0.1) is 0 Å². The van der Waals surface area contributed by atoms with E-state index in [2.05, 4.69) is 50.4 Å². The Labute approximate surface area is 120 Å². The zero-order chi connectivity index (χ0) is 12.4. The maximum atomic E-state index is 3.53. The summed E-state index contributed by atoms with van der Waals surface area (Å²) in [4.78, 5) is 4.05. The lowest BCUT2D eigenvalue weighted by atomic mass is 10.2. The van der Waals surface area contributed by atoms with Gasteiger partial charge in [0.1, 0.15) is 0 Å². The van der Waals surface area contributed by atoms with Crippen molar-refractivity contribution in [1.29, 1.82) is 0 Å². The van der Waals surface area contributed by atoms with E-state index in [1.54, 1.807) is 0 Å². The number of thiophene rings is 1. The first-order chi connectivity index (χ1) is 8.81. The minimum Gasteiger partial charge on any atom is -0.314 e. The molecule has 2 heterocycles. The smallest absolute Gasteiger partial charge is 0.0356 e. The van der Waals surface area contributed by atoms with Crippen molar-refractivity contribution in [2.75, 3.05) is 32.7 Å². The average Bonchev–Trinajstić information content (AvgIpc) is 2.79. The van der Waals surface area contributed by atoms with Crippen LogP contribution >= 0.6 is 27.3 Å². The van der Waals surface area contributed by atoms with Gasteiger partial charge in [0.25, 0.3) is 0 Å². The first-order valence-corrected chi connectivity index (χ1v) is 8.03. The molecule has 3 rings (SSSR count). The van der Waals surface area contributed by atoms with Gasteiger partial charge in [0.2, 0.25) is 0 Å². The maximum Gasteiger partial charge on any atom is 0.0356 e. The van der Waals surface area contributed by atoms with Gasteiger partial charge in [-0.05, 0) is 30.0 Å². The van der Waals surface area contributed by atoms with E-state index in [1.165, 1.54) is 45.5 Å². The van der Waals surface area contributed by atoms with Crippen molar-refractivity contribution >= 4 is 37.4 Å². The van der Waals surface area contributed by atoms with Crippen LogP contribution < -0.4 is 5.32 Å². The SMILES string of the molecule is Brc1ccc2cc(CCN3CCNCC3)sc2c1. The predicted molar refractivity (Wildman–Crippen MR) is 82.5 cm³/mol. The Hall–Kier alpha value is -0.420. The van der Waals surface area contributed by atoms with E-state index in [1.807, 2.05) is 11.3 Å². The van der Waals surface area contributed by atoms with Crippen LogP contribution in [-0.2, 0) is 6.42 Å². The van der Waals surface area contributed by atoms with Gasteiger partial charge in [-0.25, -0.2) is 0 Å². The fraction of sp³-hybridized carbons (Fsp3) is 0.429. The lowest BCUT2D eigenvalue weighted by Gasteiger charge is -2.26. The van der Waals surface area contributed by atoms with Crippen LogP contribution in [-0.4, -0.2) is 37.6 Å². The van der Waals surface area contributed by atoms with Crippen LogP contribution in [0.1, 0.15) is 4.88 Å². The molecule has 0 spiro atoms. The molecule has 1 aliphatic rings. The highest BCUT2D eigenvalue weighted by Crippen LogP contribution is 2.28. The van der Waals surface area contributed by atoms with Crippen LogP contribution in [0.15, 0.2) is 28.7 Å². The van der Waals surface area contributed by atoms with Crippen LogP contribution in [0.2, 0.25) is 0 Å². The Bertz CT molecular complexity index is 532. The zero-order valence-corrected chi connectivity index (χ0v) is 12.7. The Morgan fingerprint density at radius 2 is 2.06 bits per heavy atom. The van der Waals surface area contributed by atoms with E-state index in [-0.39, 0.29) is 0 Å². The van der Waals surface area contributed by atoms with Gasteiger partial charge in [0, 0.05) is 46.8 Å². The van der Waals surface area contributed by atoms with Gasteiger partial charge in [-0.15, -0.1) is 11.3 Å². The minimum absolute atomic E-state index is 1.14. The van der Waals surface area contributed by atoms with Crippen molar-refractivity contribution in [2.45, 2.75) is 6.42 Å². The second-order valence-electron chi connectivity index (χ2n) is 4.74. The fourth-order valence-electron chi connectivity index (χ4n) is 2.39. The molecule has 2 aromatic rings. The Balaban J connectivity index is 1.67. The van der Waals surface area contributed by atoms with Crippen molar-refractivity contribution in [3.8, 4) is 0 Å². The molecule has 18 heavy (non-hydrogen) atoms. The first-order valence-electron chi connectivity index (χ1n) is 6.42. The highest BCUT2D eigenvalue weighted by atomic mass is 79.9. The molecule has 4 heteroatoms. The standard InChI is InChI=1S/C14H17BrN2S/c15-12-2-1-11-9-13(18-14(11)10-12)3-6-17-7-4-16-5-8-17/h1-2,9-10,16H,3-8H2. The third-order valence-electron chi connectivity index (χ3n) is 3.42. The van der Waals surface area contributed by atoms with Crippen LogP contribution in [0, 0.1) is 0 Å². The predicted octanol–water partition coefficient (Wildman–Crippen LogP) is 3.11. The number of hydrogen-bond acceptors (Lipinski definition) is 3. The van der Waals surface area contributed by atoms with Crippen molar-refractivity contribution in [3.63, 3.8) is 0 Å². The van der Waals surface area contributed by atoms with Crippen molar-refractivity contribution in [1.82, 2.24) is 10.2 Å². The highest BCUT2D eigenvalue weighted by molar-refractivity contribution is 9.10. The number of benzene rings is 1. The summed E-state index contributed by atoms with van der Waals surface area (Å²) in [5.74, 6) is 0. The van der Waals surface area contributed by atoms with Crippen LogP contribution in [0.3, 0.4) is 0 Å². The molecule has 0 radical (unpaired) electrons. The highest BCUT2D eigenvalue weighted by Gasteiger charge is 2.10. The van der Waals surface area contributed by atoms with E-state index < -0.39 is 0 Å². The van der Waals surface area contributed by atoms with E-state index in [4.69, 9.17) is 0 Å².